The summed E-state index contributed by atoms with van der Waals surface area (Å²) in [6.45, 7) is 6.96. The topological polar surface area (TPSA) is 21.3 Å². The summed E-state index contributed by atoms with van der Waals surface area (Å²) in [5.41, 5.74) is 21.6. The lowest BCUT2D eigenvalue weighted by Gasteiger charge is -2.57. The lowest BCUT2D eigenvalue weighted by Crippen LogP contribution is -2.56. The molecule has 0 saturated heterocycles. The third kappa shape index (κ3) is 5.87. The second-order valence-electron chi connectivity index (χ2n) is 28.1. The first kappa shape index (κ1) is 43.9. The molecule has 8 saturated carbocycles. The summed E-state index contributed by atoms with van der Waals surface area (Å²) < 4.78 is 10.0. The van der Waals surface area contributed by atoms with Crippen LogP contribution in [0.15, 0.2) is 162 Å². The molecule has 8 bridgehead atoms. The van der Waals surface area contributed by atoms with Gasteiger partial charge in [0.15, 0.2) is 0 Å². The molecule has 8 fully saturated rings. The van der Waals surface area contributed by atoms with E-state index in [4.69, 9.17) is 4.42 Å². The molecule has 9 aromatic carbocycles. The normalized spacial score (nSPS) is 27.1. The fraction of sp³-hybridized carbons (Fsp3) is 0.324. The predicted molar refractivity (Wildman–Crippen MR) is 326 cm³/mol. The molecule has 380 valence electrons. The Balaban J connectivity index is 0.958. The van der Waals surface area contributed by atoms with Crippen LogP contribution in [0.25, 0.3) is 87.5 Å². The fourth-order valence-electron chi connectivity index (χ4n) is 20.1. The zero-order valence-corrected chi connectivity index (χ0v) is 45.3. The van der Waals surface area contributed by atoms with E-state index in [1.54, 1.807) is 11.1 Å². The Morgan fingerprint density at radius 2 is 1.06 bits per heavy atom. The number of hydrogen-bond donors (Lipinski definition) is 0. The summed E-state index contributed by atoms with van der Waals surface area (Å²) in [5.74, 6) is 5.29. The van der Waals surface area contributed by atoms with E-state index in [0.29, 0.717) is 5.41 Å². The van der Waals surface area contributed by atoms with E-state index in [0.717, 1.165) is 46.7 Å². The molecule has 8 aliphatic carbocycles. The van der Waals surface area contributed by atoms with Crippen LogP contribution in [0.3, 0.4) is 0 Å². The van der Waals surface area contributed by atoms with Crippen molar-refractivity contribution in [2.75, 3.05) is 4.90 Å². The number of aromatic nitrogens is 1. The van der Waals surface area contributed by atoms with Crippen molar-refractivity contribution in [3.05, 3.63) is 174 Å². The molecule has 78 heavy (non-hydrogen) atoms. The number of anilines is 3. The number of fused-ring (bicyclic) bond motifs is 13. The molecule has 0 atom stereocenters. The maximum atomic E-state index is 7.12. The average Bonchev–Trinajstić information content (AvgIpc) is 2.70. The standard InChI is InChI=1S/C74H65BN2O/c1-72(2,3)52-17-19-63(56(30-52)48-11-5-4-6-12-48)76-65-35-68-59(58-27-49-13-7-8-14-50(49)29-67(58)78-68)34-62(65)75-70-66(76)28-51-15-9-10-16-55(51)69(70)61-33-54(74-39-45-24-46(40-74)26-47(25-45)41-74)32-60-57-31-53(18-20-64(57)77(75)71(60)61)73-36-42-21-43(37-73)23-44(22-42)38-73/h4-20,27-35,42-47H,21-26,36-41H2,1-3H3. The monoisotopic (exact) mass is 1010 g/mol. The van der Waals surface area contributed by atoms with Gasteiger partial charge in [0.2, 0.25) is 0 Å². The highest BCUT2D eigenvalue weighted by molar-refractivity contribution is 6.90. The third-order valence-electron chi connectivity index (χ3n) is 22.5. The molecule has 0 amide bonds. The van der Waals surface area contributed by atoms with Crippen LogP contribution in [0.5, 0.6) is 0 Å². The van der Waals surface area contributed by atoms with Gasteiger partial charge in [0.1, 0.15) is 11.2 Å². The minimum absolute atomic E-state index is 0.0341. The molecule has 4 heterocycles. The second-order valence-corrected chi connectivity index (χ2v) is 28.1. The largest absolute Gasteiger partial charge is 0.456 e. The molecule has 3 nitrogen and oxygen atoms in total. The molecule has 2 aliphatic heterocycles. The number of furan rings is 1. The van der Waals surface area contributed by atoms with Crippen LogP contribution in [0.2, 0.25) is 0 Å². The van der Waals surface area contributed by atoms with Gasteiger partial charge < -0.3 is 13.8 Å². The van der Waals surface area contributed by atoms with Gasteiger partial charge in [-0.25, -0.2) is 0 Å². The van der Waals surface area contributed by atoms with Crippen LogP contribution in [-0.2, 0) is 16.2 Å². The Hall–Kier alpha value is -7.04. The summed E-state index contributed by atoms with van der Waals surface area (Å²) in [6.07, 6.45) is 17.0. The molecule has 2 aromatic heterocycles. The van der Waals surface area contributed by atoms with Crippen molar-refractivity contribution < 1.29 is 4.42 Å². The maximum Gasteiger partial charge on any atom is 0.333 e. The molecule has 0 unspecified atom stereocenters. The minimum Gasteiger partial charge on any atom is -0.456 e. The molecule has 4 heteroatoms. The summed E-state index contributed by atoms with van der Waals surface area (Å²) in [5, 5.41) is 10.5. The van der Waals surface area contributed by atoms with Crippen molar-refractivity contribution in [1.29, 1.82) is 0 Å². The number of rotatable bonds is 4. The Morgan fingerprint density at radius 1 is 0.462 bits per heavy atom. The van der Waals surface area contributed by atoms with Gasteiger partial charge in [-0.1, -0.05) is 118 Å². The van der Waals surface area contributed by atoms with E-state index in [1.165, 1.54) is 187 Å². The smallest absolute Gasteiger partial charge is 0.333 e. The highest BCUT2D eigenvalue weighted by Crippen LogP contribution is 2.64. The van der Waals surface area contributed by atoms with Crippen molar-refractivity contribution in [3.63, 3.8) is 0 Å². The molecule has 0 radical (unpaired) electrons. The second kappa shape index (κ2) is 15.0. The van der Waals surface area contributed by atoms with Gasteiger partial charge in [0, 0.05) is 61.1 Å². The fourth-order valence-corrected chi connectivity index (χ4v) is 20.1. The summed E-state index contributed by atoms with van der Waals surface area (Å²) in [4.78, 5) is 2.68. The van der Waals surface area contributed by atoms with Crippen LogP contribution in [0.4, 0.5) is 17.1 Å². The van der Waals surface area contributed by atoms with Crippen molar-refractivity contribution in [1.82, 2.24) is 4.48 Å². The zero-order valence-electron chi connectivity index (χ0n) is 45.3. The SMILES string of the molecule is CC(C)(C)c1ccc(N2c3cc4oc5cc6ccccc6cc5c4cc3B3c4c2cc2ccccc2c4-c2cc(C45CC6CC(CC(C6)C4)C5)cc4c5cc(C67CC8CC(CC(C8)C6)C7)ccc5n3c24)c(-c2ccccc2)c1. The van der Waals surface area contributed by atoms with Crippen LogP contribution in [0.1, 0.15) is 115 Å². The van der Waals surface area contributed by atoms with Crippen molar-refractivity contribution >= 4 is 100 Å². The van der Waals surface area contributed by atoms with Crippen LogP contribution in [0, 0.1) is 35.5 Å². The maximum absolute atomic E-state index is 7.12. The molecule has 0 spiro atoms. The summed E-state index contributed by atoms with van der Waals surface area (Å²) >= 11 is 0. The van der Waals surface area contributed by atoms with Gasteiger partial charge in [0.25, 0.3) is 0 Å². The van der Waals surface area contributed by atoms with E-state index < -0.39 is 0 Å². The van der Waals surface area contributed by atoms with E-state index >= 15 is 0 Å². The highest BCUT2D eigenvalue weighted by Gasteiger charge is 2.54. The number of benzene rings is 9. The number of hydrogen-bond acceptors (Lipinski definition) is 2. The highest BCUT2D eigenvalue weighted by atomic mass is 16.3. The Morgan fingerprint density at radius 3 is 1.76 bits per heavy atom. The zero-order chi connectivity index (χ0) is 51.1. The van der Waals surface area contributed by atoms with Crippen molar-refractivity contribution in [2.24, 2.45) is 35.5 Å². The number of nitrogens with zero attached hydrogens (tertiary/aromatic N) is 2. The lowest BCUT2D eigenvalue weighted by molar-refractivity contribution is -0.00527. The van der Waals surface area contributed by atoms with Crippen molar-refractivity contribution in [3.8, 4) is 22.3 Å². The average molecular weight is 1010 g/mol. The minimum atomic E-state index is -0.0852. The van der Waals surface area contributed by atoms with Gasteiger partial charge >= 0.3 is 6.85 Å². The molecule has 11 aromatic rings. The first-order chi connectivity index (χ1) is 38.1. The van der Waals surface area contributed by atoms with E-state index in [1.807, 2.05) is 0 Å². The first-order valence-electron chi connectivity index (χ1n) is 30.2. The van der Waals surface area contributed by atoms with Crippen LogP contribution in [-0.4, -0.2) is 11.3 Å². The van der Waals surface area contributed by atoms with Gasteiger partial charge in [0.05, 0.1) is 5.69 Å². The van der Waals surface area contributed by atoms with Crippen molar-refractivity contribution in [2.45, 2.75) is 114 Å². The van der Waals surface area contributed by atoms with Gasteiger partial charge in [-0.2, -0.15) is 0 Å². The van der Waals surface area contributed by atoms with Gasteiger partial charge in [-0.15, -0.1) is 0 Å². The van der Waals surface area contributed by atoms with E-state index in [2.05, 4.69) is 188 Å². The molecular weight excluding hydrogens is 944 g/mol. The molecule has 21 rings (SSSR count). The van der Waals surface area contributed by atoms with Crippen LogP contribution < -0.4 is 15.8 Å². The third-order valence-corrected chi connectivity index (χ3v) is 22.5. The van der Waals surface area contributed by atoms with Gasteiger partial charge in [-0.3, -0.25) is 0 Å². The first-order valence-corrected chi connectivity index (χ1v) is 30.2. The Labute approximate surface area is 457 Å². The quantitative estimate of drug-likeness (QED) is 0.164. The van der Waals surface area contributed by atoms with Crippen LogP contribution >= 0.6 is 0 Å². The molecule has 0 N–H and O–H groups in total. The summed E-state index contributed by atoms with van der Waals surface area (Å²) in [7, 11) is 0. The molecule has 10 aliphatic rings. The van der Waals surface area contributed by atoms with E-state index in [9.17, 15) is 0 Å². The van der Waals surface area contributed by atoms with Gasteiger partial charge in [-0.05, 0) is 244 Å². The molecular formula is C74H65BN2O. The Kier molecular flexibility index (Phi) is 8.44. The van der Waals surface area contributed by atoms with E-state index in [-0.39, 0.29) is 17.7 Å². The summed E-state index contributed by atoms with van der Waals surface area (Å²) in [6, 6.07) is 62.6. The predicted octanol–water partition coefficient (Wildman–Crippen LogP) is 18.3. The lowest BCUT2D eigenvalue weighted by atomic mass is 9.44. The Bertz CT molecular complexity index is 4400.